The van der Waals surface area contributed by atoms with Crippen molar-refractivity contribution in [2.24, 2.45) is 0 Å². The molecule has 1 atom stereocenters. The monoisotopic (exact) mass is 428 g/mol. The zero-order chi connectivity index (χ0) is 21.8. The van der Waals surface area contributed by atoms with Crippen molar-refractivity contribution in [3.8, 4) is 0 Å². The molecule has 0 saturated heterocycles. The van der Waals surface area contributed by atoms with Gasteiger partial charge in [-0.3, -0.25) is 19.3 Å². The molecule has 0 saturated carbocycles. The lowest BCUT2D eigenvalue weighted by Gasteiger charge is -2.29. The predicted octanol–water partition coefficient (Wildman–Crippen LogP) is 3.28. The molecule has 158 valence electrons. The van der Waals surface area contributed by atoms with E-state index in [4.69, 9.17) is 11.6 Å². The Morgan fingerprint density at radius 2 is 1.97 bits per heavy atom. The number of nitrogens with one attached hydrogen (secondary N) is 2. The molecule has 2 aromatic rings. The molecule has 0 aromatic heterocycles. The summed E-state index contributed by atoms with van der Waals surface area (Å²) in [6.07, 6.45) is 0.207. The van der Waals surface area contributed by atoms with E-state index in [-0.39, 0.29) is 43.3 Å². The first-order chi connectivity index (χ1) is 14.2. The number of carbonyl (C=O) groups is 3. The molecule has 3 amide bonds. The summed E-state index contributed by atoms with van der Waals surface area (Å²) >= 11 is 6.00. The lowest BCUT2D eigenvalue weighted by atomic mass is 10.1. The summed E-state index contributed by atoms with van der Waals surface area (Å²) in [6, 6.07) is 12.2. The van der Waals surface area contributed by atoms with Gasteiger partial charge in [0.25, 0.3) is 0 Å². The Bertz CT molecular complexity index is 979. The van der Waals surface area contributed by atoms with Crippen LogP contribution in [-0.4, -0.2) is 48.8 Å². The molecule has 8 heteroatoms. The number of anilines is 3. The lowest BCUT2D eigenvalue weighted by Crippen LogP contribution is -2.45. The number of rotatable bonds is 5. The second kappa shape index (κ2) is 9.28. The number of carbonyl (C=O) groups excluding carboxylic acids is 3. The highest BCUT2D eigenvalue weighted by Gasteiger charge is 2.30. The number of likely N-dealkylation sites (N-methyl/N-ethyl adjacent to an activating group) is 1. The maximum Gasteiger partial charge on any atom is 0.241 e. The maximum atomic E-state index is 13.1. The van der Waals surface area contributed by atoms with E-state index in [0.29, 0.717) is 22.1 Å². The summed E-state index contributed by atoms with van der Waals surface area (Å²) in [5, 5.41) is 6.21. The SMILES string of the molecule is Cc1ccc(Cl)cc1NC(=O)CN(C)CC(=O)N1c2ccccc2NC(=O)CC1C. The topological polar surface area (TPSA) is 81.8 Å². The van der Waals surface area contributed by atoms with Crippen molar-refractivity contribution in [2.45, 2.75) is 26.3 Å². The molecule has 0 fully saturated rings. The molecule has 0 spiro atoms. The van der Waals surface area contributed by atoms with Crippen LogP contribution in [0, 0.1) is 6.92 Å². The van der Waals surface area contributed by atoms with Crippen LogP contribution in [0.4, 0.5) is 17.1 Å². The number of halogens is 1. The third-order valence-corrected chi connectivity index (χ3v) is 5.16. The van der Waals surface area contributed by atoms with Crippen molar-refractivity contribution in [2.75, 3.05) is 35.7 Å². The van der Waals surface area contributed by atoms with Gasteiger partial charge in [-0.15, -0.1) is 0 Å². The molecule has 0 bridgehead atoms. The number of amides is 3. The van der Waals surface area contributed by atoms with E-state index >= 15 is 0 Å². The van der Waals surface area contributed by atoms with Crippen molar-refractivity contribution in [3.63, 3.8) is 0 Å². The molecule has 30 heavy (non-hydrogen) atoms. The number of fused-ring (bicyclic) bond motifs is 1. The summed E-state index contributed by atoms with van der Waals surface area (Å²) in [5.41, 5.74) is 2.82. The molecule has 2 aromatic carbocycles. The van der Waals surface area contributed by atoms with Gasteiger partial charge in [0.15, 0.2) is 0 Å². The Balaban J connectivity index is 1.67. The van der Waals surface area contributed by atoms with Crippen LogP contribution in [0.2, 0.25) is 5.02 Å². The van der Waals surface area contributed by atoms with Crippen LogP contribution in [0.25, 0.3) is 0 Å². The summed E-state index contributed by atoms with van der Waals surface area (Å²) in [4.78, 5) is 40.9. The molecule has 3 rings (SSSR count). The van der Waals surface area contributed by atoms with E-state index in [2.05, 4.69) is 10.6 Å². The quantitative estimate of drug-likeness (QED) is 0.765. The first-order valence-electron chi connectivity index (χ1n) is 9.70. The standard InChI is InChI=1S/C22H25ClN4O3/c1-14-8-9-16(23)11-18(14)25-21(29)12-26(3)13-22(30)27-15(2)10-20(28)24-17-6-4-5-7-19(17)27/h4-9,11,15H,10,12-13H2,1-3H3,(H,24,28)(H,25,29). The highest BCUT2D eigenvalue weighted by molar-refractivity contribution is 6.31. The average Bonchev–Trinajstić information content (AvgIpc) is 2.78. The molecule has 1 aliphatic heterocycles. The van der Waals surface area contributed by atoms with E-state index in [9.17, 15) is 14.4 Å². The van der Waals surface area contributed by atoms with Gasteiger partial charge >= 0.3 is 0 Å². The van der Waals surface area contributed by atoms with Gasteiger partial charge in [0, 0.05) is 23.2 Å². The molecule has 1 unspecified atom stereocenters. The number of hydrogen-bond donors (Lipinski definition) is 2. The van der Waals surface area contributed by atoms with E-state index in [1.807, 2.05) is 38.1 Å². The van der Waals surface area contributed by atoms with Gasteiger partial charge in [0.05, 0.1) is 24.5 Å². The van der Waals surface area contributed by atoms with E-state index < -0.39 is 0 Å². The smallest absolute Gasteiger partial charge is 0.241 e. The third kappa shape index (κ3) is 5.17. The van der Waals surface area contributed by atoms with E-state index in [1.54, 1.807) is 35.0 Å². The van der Waals surface area contributed by atoms with Crippen LogP contribution in [0.5, 0.6) is 0 Å². The Hall–Kier alpha value is -2.90. The second-order valence-electron chi connectivity index (χ2n) is 7.56. The normalized spacial score (nSPS) is 16.0. The van der Waals surface area contributed by atoms with Gasteiger partial charge in [0.1, 0.15) is 0 Å². The van der Waals surface area contributed by atoms with Crippen LogP contribution >= 0.6 is 11.6 Å². The molecule has 7 nitrogen and oxygen atoms in total. The number of nitrogens with zero attached hydrogens (tertiary/aromatic N) is 2. The van der Waals surface area contributed by atoms with Gasteiger partial charge in [0.2, 0.25) is 17.7 Å². The first kappa shape index (κ1) is 21.8. The van der Waals surface area contributed by atoms with Crippen LogP contribution in [0.3, 0.4) is 0 Å². The average molecular weight is 429 g/mol. The van der Waals surface area contributed by atoms with Gasteiger partial charge in [-0.1, -0.05) is 29.8 Å². The largest absolute Gasteiger partial charge is 0.325 e. The van der Waals surface area contributed by atoms with Gasteiger partial charge in [-0.05, 0) is 50.7 Å². The molecule has 1 aliphatic rings. The fourth-order valence-electron chi connectivity index (χ4n) is 3.49. The van der Waals surface area contributed by atoms with Crippen LogP contribution in [0.15, 0.2) is 42.5 Å². The third-order valence-electron chi connectivity index (χ3n) is 4.92. The summed E-state index contributed by atoms with van der Waals surface area (Å²) in [7, 11) is 1.71. The fraction of sp³-hybridized carbons (Fsp3) is 0.318. The Morgan fingerprint density at radius 1 is 1.23 bits per heavy atom. The van der Waals surface area contributed by atoms with Gasteiger partial charge in [-0.25, -0.2) is 0 Å². The van der Waals surface area contributed by atoms with Gasteiger partial charge in [-0.2, -0.15) is 0 Å². The highest BCUT2D eigenvalue weighted by atomic mass is 35.5. The van der Waals surface area contributed by atoms with Crippen molar-refractivity contribution >= 4 is 46.4 Å². The zero-order valence-electron chi connectivity index (χ0n) is 17.2. The molecular weight excluding hydrogens is 404 g/mol. The minimum Gasteiger partial charge on any atom is -0.325 e. The highest BCUT2D eigenvalue weighted by Crippen LogP contribution is 2.31. The fourth-order valence-corrected chi connectivity index (χ4v) is 3.67. The van der Waals surface area contributed by atoms with Crippen molar-refractivity contribution in [1.29, 1.82) is 0 Å². The molecule has 0 radical (unpaired) electrons. The number of benzene rings is 2. The minimum absolute atomic E-state index is 0.0365. The van der Waals surface area contributed by atoms with Crippen molar-refractivity contribution in [3.05, 3.63) is 53.1 Å². The summed E-state index contributed by atoms with van der Waals surface area (Å²) < 4.78 is 0. The summed E-state index contributed by atoms with van der Waals surface area (Å²) in [5.74, 6) is -0.549. The van der Waals surface area contributed by atoms with Crippen LogP contribution in [-0.2, 0) is 14.4 Å². The molecular formula is C22H25ClN4O3. The van der Waals surface area contributed by atoms with E-state index in [1.165, 1.54) is 0 Å². The molecule has 0 aliphatic carbocycles. The summed E-state index contributed by atoms with van der Waals surface area (Å²) in [6.45, 7) is 3.80. The van der Waals surface area contributed by atoms with Gasteiger partial charge < -0.3 is 15.5 Å². The molecule has 2 N–H and O–H groups in total. The number of hydrogen-bond acceptors (Lipinski definition) is 4. The first-order valence-corrected chi connectivity index (χ1v) is 10.1. The predicted molar refractivity (Wildman–Crippen MR) is 119 cm³/mol. The Labute approximate surface area is 181 Å². The van der Waals surface area contributed by atoms with E-state index in [0.717, 1.165) is 5.56 Å². The minimum atomic E-state index is -0.294. The lowest BCUT2D eigenvalue weighted by molar-refractivity contribution is -0.121. The Morgan fingerprint density at radius 3 is 2.73 bits per heavy atom. The molecule has 1 heterocycles. The number of aryl methyl sites for hydroxylation is 1. The second-order valence-corrected chi connectivity index (χ2v) is 8.00. The van der Waals surface area contributed by atoms with Crippen molar-refractivity contribution in [1.82, 2.24) is 4.90 Å². The van der Waals surface area contributed by atoms with Crippen LogP contribution < -0.4 is 15.5 Å². The number of para-hydroxylation sites is 2. The Kier molecular flexibility index (Phi) is 6.74. The maximum absolute atomic E-state index is 13.1. The van der Waals surface area contributed by atoms with Crippen LogP contribution in [0.1, 0.15) is 18.9 Å². The zero-order valence-corrected chi connectivity index (χ0v) is 18.0. The van der Waals surface area contributed by atoms with Crippen molar-refractivity contribution < 1.29 is 14.4 Å².